The summed E-state index contributed by atoms with van der Waals surface area (Å²) in [6, 6.07) is 18.1. The highest BCUT2D eigenvalue weighted by atomic mass is 14.9. The molecule has 0 atom stereocenters. The molecule has 18 heavy (non-hydrogen) atoms. The third-order valence-corrected chi connectivity index (χ3v) is 3.00. The molecule has 0 bridgehead atoms. The van der Waals surface area contributed by atoms with Crippen LogP contribution in [0.5, 0.6) is 0 Å². The summed E-state index contributed by atoms with van der Waals surface area (Å²) in [6.07, 6.45) is 1.05. The average Bonchev–Trinajstić information content (AvgIpc) is 2.46. The first-order valence-corrected chi connectivity index (χ1v) is 6.14. The lowest BCUT2D eigenvalue weighted by Gasteiger charge is -2.10. The molecule has 2 rings (SSSR count). The number of hydrogen-bond acceptors (Lipinski definition) is 2. The van der Waals surface area contributed by atoms with E-state index in [0.29, 0.717) is 5.56 Å². The summed E-state index contributed by atoms with van der Waals surface area (Å²) >= 11 is 0. The molecule has 2 aromatic carbocycles. The first-order chi connectivity index (χ1) is 8.83. The predicted molar refractivity (Wildman–Crippen MR) is 74.3 cm³/mol. The van der Waals surface area contributed by atoms with Gasteiger partial charge in [-0.25, -0.2) is 0 Å². The van der Waals surface area contributed by atoms with Gasteiger partial charge in [-0.05, 0) is 41.8 Å². The van der Waals surface area contributed by atoms with Crippen LogP contribution >= 0.6 is 0 Å². The molecule has 1 N–H and O–H groups in total. The Kier molecular flexibility index (Phi) is 3.98. The van der Waals surface area contributed by atoms with E-state index in [1.165, 1.54) is 11.1 Å². The lowest BCUT2D eigenvalue weighted by Crippen LogP contribution is -2.02. The minimum atomic E-state index is 0.689. The smallest absolute Gasteiger partial charge is 0.0991 e. The fourth-order valence-corrected chi connectivity index (χ4v) is 1.93. The maximum atomic E-state index is 8.73. The molecule has 0 fully saturated rings. The topological polar surface area (TPSA) is 35.8 Å². The van der Waals surface area contributed by atoms with Gasteiger partial charge in [0.05, 0.1) is 11.6 Å². The minimum Gasteiger partial charge on any atom is -0.381 e. The third kappa shape index (κ3) is 2.89. The van der Waals surface area contributed by atoms with Crippen LogP contribution in [0, 0.1) is 11.3 Å². The van der Waals surface area contributed by atoms with E-state index in [1.54, 1.807) is 0 Å². The molecular formula is C16H16N2. The molecule has 0 spiro atoms. The third-order valence-electron chi connectivity index (χ3n) is 3.00. The van der Waals surface area contributed by atoms with Crippen LogP contribution in [0.25, 0.3) is 0 Å². The highest BCUT2D eigenvalue weighted by Crippen LogP contribution is 2.14. The molecule has 0 aliphatic heterocycles. The Morgan fingerprint density at radius 2 is 1.67 bits per heavy atom. The standard InChI is InChI=1S/C16H16N2/c1-2-14-5-3-4-6-15(14)12-18-16-9-7-13(11-17)8-10-16/h3-10,18H,2,12H2,1H3. The Hall–Kier alpha value is -2.27. The number of nitrogens with one attached hydrogen (secondary N) is 1. The molecule has 0 heterocycles. The van der Waals surface area contributed by atoms with Gasteiger partial charge < -0.3 is 5.32 Å². The molecule has 0 aromatic heterocycles. The zero-order chi connectivity index (χ0) is 12.8. The lowest BCUT2D eigenvalue weighted by molar-refractivity contribution is 1.04. The fraction of sp³-hybridized carbons (Fsp3) is 0.188. The van der Waals surface area contributed by atoms with Crippen molar-refractivity contribution in [2.24, 2.45) is 0 Å². The molecule has 0 unspecified atom stereocenters. The van der Waals surface area contributed by atoms with Gasteiger partial charge in [0, 0.05) is 12.2 Å². The monoisotopic (exact) mass is 236 g/mol. The van der Waals surface area contributed by atoms with Gasteiger partial charge in [-0.2, -0.15) is 5.26 Å². The number of benzene rings is 2. The van der Waals surface area contributed by atoms with Gasteiger partial charge in [-0.15, -0.1) is 0 Å². The number of nitrogens with zero attached hydrogens (tertiary/aromatic N) is 1. The van der Waals surface area contributed by atoms with E-state index in [4.69, 9.17) is 5.26 Å². The van der Waals surface area contributed by atoms with Crippen LogP contribution in [-0.2, 0) is 13.0 Å². The van der Waals surface area contributed by atoms with Crippen molar-refractivity contribution in [2.45, 2.75) is 19.9 Å². The van der Waals surface area contributed by atoms with Gasteiger partial charge in [0.1, 0.15) is 0 Å². The molecule has 0 saturated carbocycles. The number of nitriles is 1. The van der Waals surface area contributed by atoms with E-state index < -0.39 is 0 Å². The van der Waals surface area contributed by atoms with Crippen molar-refractivity contribution in [3.63, 3.8) is 0 Å². The van der Waals surface area contributed by atoms with E-state index in [9.17, 15) is 0 Å². The Morgan fingerprint density at radius 3 is 2.28 bits per heavy atom. The molecule has 0 saturated heterocycles. The van der Waals surface area contributed by atoms with Gasteiger partial charge in [0.15, 0.2) is 0 Å². The molecule has 0 aliphatic rings. The SMILES string of the molecule is CCc1ccccc1CNc1ccc(C#N)cc1. The normalized spacial score (nSPS) is 9.78. The lowest BCUT2D eigenvalue weighted by atomic mass is 10.1. The second-order valence-electron chi connectivity index (χ2n) is 4.16. The van der Waals surface area contributed by atoms with E-state index in [2.05, 4.69) is 42.6 Å². The number of anilines is 1. The second-order valence-corrected chi connectivity index (χ2v) is 4.16. The molecular weight excluding hydrogens is 220 g/mol. The van der Waals surface area contributed by atoms with Crippen molar-refractivity contribution in [1.29, 1.82) is 5.26 Å². The van der Waals surface area contributed by atoms with Crippen molar-refractivity contribution < 1.29 is 0 Å². The second kappa shape index (κ2) is 5.88. The maximum Gasteiger partial charge on any atom is 0.0991 e. The van der Waals surface area contributed by atoms with Crippen molar-refractivity contribution in [2.75, 3.05) is 5.32 Å². The summed E-state index contributed by atoms with van der Waals surface area (Å²) in [5.41, 5.74) is 4.43. The van der Waals surface area contributed by atoms with Crippen molar-refractivity contribution in [1.82, 2.24) is 0 Å². The molecule has 2 nitrogen and oxygen atoms in total. The summed E-state index contributed by atoms with van der Waals surface area (Å²) < 4.78 is 0. The first kappa shape index (κ1) is 12.2. The number of aryl methyl sites for hydroxylation is 1. The molecule has 0 radical (unpaired) electrons. The van der Waals surface area contributed by atoms with Gasteiger partial charge in [-0.3, -0.25) is 0 Å². The van der Waals surface area contributed by atoms with E-state index in [0.717, 1.165) is 18.7 Å². The van der Waals surface area contributed by atoms with Crippen LogP contribution in [0.1, 0.15) is 23.6 Å². The predicted octanol–water partition coefficient (Wildman–Crippen LogP) is 3.73. The molecule has 0 aliphatic carbocycles. The number of rotatable bonds is 4. The summed E-state index contributed by atoms with van der Waals surface area (Å²) in [4.78, 5) is 0. The van der Waals surface area contributed by atoms with Crippen molar-refractivity contribution in [3.05, 3.63) is 65.2 Å². The van der Waals surface area contributed by atoms with Crippen LogP contribution in [0.15, 0.2) is 48.5 Å². The Morgan fingerprint density at radius 1 is 1.00 bits per heavy atom. The molecule has 90 valence electrons. The zero-order valence-corrected chi connectivity index (χ0v) is 10.5. The van der Waals surface area contributed by atoms with Gasteiger partial charge >= 0.3 is 0 Å². The quantitative estimate of drug-likeness (QED) is 0.878. The highest BCUT2D eigenvalue weighted by molar-refractivity contribution is 5.48. The van der Waals surface area contributed by atoms with Gasteiger partial charge in [0.25, 0.3) is 0 Å². The maximum absolute atomic E-state index is 8.73. The van der Waals surface area contributed by atoms with Crippen molar-refractivity contribution >= 4 is 5.69 Å². The van der Waals surface area contributed by atoms with E-state index >= 15 is 0 Å². The fourth-order valence-electron chi connectivity index (χ4n) is 1.93. The van der Waals surface area contributed by atoms with Crippen LogP contribution < -0.4 is 5.32 Å². The minimum absolute atomic E-state index is 0.689. The van der Waals surface area contributed by atoms with Crippen LogP contribution in [0.2, 0.25) is 0 Å². The van der Waals surface area contributed by atoms with E-state index in [-0.39, 0.29) is 0 Å². The molecule has 2 aromatic rings. The van der Waals surface area contributed by atoms with E-state index in [1.807, 2.05) is 24.3 Å². The Labute approximate surface area is 108 Å². The largest absolute Gasteiger partial charge is 0.381 e. The molecule has 2 heteroatoms. The summed E-state index contributed by atoms with van der Waals surface area (Å²) in [7, 11) is 0. The summed E-state index contributed by atoms with van der Waals surface area (Å²) in [5, 5.41) is 12.1. The average molecular weight is 236 g/mol. The molecule has 0 amide bonds. The Balaban J connectivity index is 2.04. The highest BCUT2D eigenvalue weighted by Gasteiger charge is 1.99. The Bertz CT molecular complexity index is 550. The van der Waals surface area contributed by atoms with Gasteiger partial charge in [0.2, 0.25) is 0 Å². The van der Waals surface area contributed by atoms with Crippen molar-refractivity contribution in [3.8, 4) is 6.07 Å². The van der Waals surface area contributed by atoms with Crippen LogP contribution in [0.4, 0.5) is 5.69 Å². The zero-order valence-electron chi connectivity index (χ0n) is 10.5. The van der Waals surface area contributed by atoms with Crippen LogP contribution in [-0.4, -0.2) is 0 Å². The summed E-state index contributed by atoms with van der Waals surface area (Å²) in [5.74, 6) is 0. The van der Waals surface area contributed by atoms with Crippen LogP contribution in [0.3, 0.4) is 0 Å². The van der Waals surface area contributed by atoms with Gasteiger partial charge in [-0.1, -0.05) is 31.2 Å². The number of hydrogen-bond donors (Lipinski definition) is 1. The first-order valence-electron chi connectivity index (χ1n) is 6.14. The summed E-state index contributed by atoms with van der Waals surface area (Å²) in [6.45, 7) is 2.98.